The molecule has 86 valence electrons. The normalized spacial score (nSPS) is 12.8. The molecule has 1 aromatic rings. The van der Waals surface area contributed by atoms with Crippen molar-refractivity contribution in [2.45, 2.75) is 32.1 Å². The summed E-state index contributed by atoms with van der Waals surface area (Å²) in [6.45, 7) is 6.01. The number of anilines is 1. The molecule has 0 atom stereocenters. The highest BCUT2D eigenvalue weighted by molar-refractivity contribution is 7.89. The molecule has 0 unspecified atom stereocenters. The van der Waals surface area contributed by atoms with Crippen molar-refractivity contribution in [3.8, 4) is 0 Å². The molecular weight excluding hydrogens is 234 g/mol. The highest BCUT2D eigenvalue weighted by Gasteiger charge is 2.14. The average Bonchev–Trinajstić information content (AvgIpc) is 2.28. The van der Waals surface area contributed by atoms with Crippen molar-refractivity contribution in [2.75, 3.05) is 11.6 Å². The van der Waals surface area contributed by atoms with Crippen LogP contribution in [-0.4, -0.2) is 29.6 Å². The number of nitrogens with one attached hydrogen (secondary N) is 1. The first-order valence-corrected chi connectivity index (χ1v) is 7.28. The van der Waals surface area contributed by atoms with Gasteiger partial charge >= 0.3 is 0 Å². The number of rotatable bonds is 3. The smallest absolute Gasteiger partial charge is 0.203 e. The van der Waals surface area contributed by atoms with Crippen molar-refractivity contribution >= 4 is 26.5 Å². The number of hydrogen-bond donors (Lipinski definition) is 1. The van der Waals surface area contributed by atoms with Crippen LogP contribution in [-0.2, 0) is 15.6 Å². The van der Waals surface area contributed by atoms with Crippen LogP contribution in [0.2, 0.25) is 0 Å². The van der Waals surface area contributed by atoms with E-state index in [1.165, 1.54) is 17.8 Å². The van der Waals surface area contributed by atoms with E-state index in [1.807, 2.05) is 20.8 Å². The highest BCUT2D eigenvalue weighted by Crippen LogP contribution is 2.17. The molecule has 0 saturated heterocycles. The van der Waals surface area contributed by atoms with Gasteiger partial charge in [0.2, 0.25) is 5.13 Å². The van der Waals surface area contributed by atoms with Gasteiger partial charge in [-0.05, 0) is 20.8 Å². The first kappa shape index (κ1) is 12.4. The number of nitrogens with zero attached hydrogens (tertiary/aromatic N) is 2. The van der Waals surface area contributed by atoms with E-state index in [-0.39, 0.29) is 11.3 Å². The summed E-state index contributed by atoms with van der Waals surface area (Å²) in [7, 11) is -3.05. The number of hydrogen-bond acceptors (Lipinski definition) is 6. The van der Waals surface area contributed by atoms with Crippen LogP contribution in [0.25, 0.3) is 0 Å². The first-order chi connectivity index (χ1) is 6.66. The Kier molecular flexibility index (Phi) is 3.34. The van der Waals surface area contributed by atoms with E-state index < -0.39 is 9.84 Å². The Morgan fingerprint density at radius 2 is 2.00 bits per heavy atom. The van der Waals surface area contributed by atoms with Gasteiger partial charge in [-0.3, -0.25) is 0 Å². The van der Waals surface area contributed by atoms with Crippen molar-refractivity contribution in [1.29, 1.82) is 0 Å². The van der Waals surface area contributed by atoms with Crippen LogP contribution in [0.5, 0.6) is 0 Å². The predicted octanol–water partition coefficient (Wildman–Crippen LogP) is 1.29. The Labute approximate surface area is 94.0 Å². The lowest BCUT2D eigenvalue weighted by atomic mass is 10.1. The molecule has 1 aromatic heterocycles. The minimum Gasteiger partial charge on any atom is -0.356 e. The van der Waals surface area contributed by atoms with Crippen LogP contribution in [0.4, 0.5) is 5.13 Å². The molecule has 1 N–H and O–H groups in total. The Balaban J connectivity index is 2.73. The SMILES string of the molecule is CC(C)(C)Nc1nc(CS(C)(=O)=O)ns1. The van der Waals surface area contributed by atoms with Gasteiger partial charge in [0.1, 0.15) is 5.75 Å². The molecule has 0 fully saturated rings. The van der Waals surface area contributed by atoms with Crippen molar-refractivity contribution in [3.63, 3.8) is 0 Å². The summed E-state index contributed by atoms with van der Waals surface area (Å²) in [4.78, 5) is 4.10. The molecule has 0 aliphatic rings. The molecule has 0 amide bonds. The summed E-state index contributed by atoms with van der Waals surface area (Å²) < 4.78 is 26.0. The van der Waals surface area contributed by atoms with Crippen molar-refractivity contribution in [2.24, 2.45) is 0 Å². The topological polar surface area (TPSA) is 72.0 Å². The van der Waals surface area contributed by atoms with E-state index in [1.54, 1.807) is 0 Å². The van der Waals surface area contributed by atoms with Gasteiger partial charge in [0, 0.05) is 23.3 Å². The zero-order valence-corrected chi connectivity index (χ0v) is 10.9. The third-order valence-corrected chi connectivity index (χ3v) is 2.79. The Morgan fingerprint density at radius 1 is 1.40 bits per heavy atom. The molecule has 1 rings (SSSR count). The third kappa shape index (κ3) is 5.08. The maximum atomic E-state index is 11.0. The Morgan fingerprint density at radius 3 is 2.47 bits per heavy atom. The fourth-order valence-electron chi connectivity index (χ4n) is 0.919. The van der Waals surface area contributed by atoms with Crippen LogP contribution in [0.1, 0.15) is 26.6 Å². The second kappa shape index (κ2) is 4.05. The zero-order chi connectivity index (χ0) is 11.7. The molecule has 0 aromatic carbocycles. The van der Waals surface area contributed by atoms with Crippen LogP contribution in [0.15, 0.2) is 0 Å². The predicted molar refractivity (Wildman–Crippen MR) is 61.8 cm³/mol. The van der Waals surface area contributed by atoms with E-state index in [2.05, 4.69) is 14.7 Å². The molecule has 1 heterocycles. The summed E-state index contributed by atoms with van der Waals surface area (Å²) in [5.41, 5.74) is -0.0953. The largest absolute Gasteiger partial charge is 0.356 e. The third-order valence-electron chi connectivity index (χ3n) is 1.34. The van der Waals surface area contributed by atoms with Gasteiger partial charge in [0.05, 0.1) is 0 Å². The Hall–Kier alpha value is -0.690. The maximum Gasteiger partial charge on any atom is 0.203 e. The monoisotopic (exact) mass is 249 g/mol. The van der Waals surface area contributed by atoms with Crippen LogP contribution < -0.4 is 5.32 Å². The lowest BCUT2D eigenvalue weighted by Crippen LogP contribution is -2.25. The van der Waals surface area contributed by atoms with Crippen molar-refractivity contribution < 1.29 is 8.42 Å². The number of sulfone groups is 1. The van der Waals surface area contributed by atoms with E-state index in [0.29, 0.717) is 11.0 Å². The maximum absolute atomic E-state index is 11.0. The quantitative estimate of drug-likeness (QED) is 0.874. The molecule has 0 spiro atoms. The molecule has 0 radical (unpaired) electrons. The second-order valence-corrected chi connectivity index (χ2v) is 7.35. The molecule has 0 bridgehead atoms. The molecular formula is C8H15N3O2S2. The average molecular weight is 249 g/mol. The molecule has 0 aliphatic heterocycles. The summed E-state index contributed by atoms with van der Waals surface area (Å²) in [5, 5.41) is 3.79. The minimum absolute atomic E-state index is 0.0953. The molecule has 7 heteroatoms. The zero-order valence-electron chi connectivity index (χ0n) is 9.23. The molecule has 0 saturated carbocycles. The summed E-state index contributed by atoms with van der Waals surface area (Å²) >= 11 is 1.18. The van der Waals surface area contributed by atoms with E-state index in [0.717, 1.165) is 0 Å². The van der Waals surface area contributed by atoms with Gasteiger partial charge in [-0.15, -0.1) is 0 Å². The van der Waals surface area contributed by atoms with Gasteiger partial charge in [-0.25, -0.2) is 13.4 Å². The standard InChI is InChI=1S/C8H15N3O2S2/c1-8(2,3)10-7-9-6(11-14-7)5-15(4,12)13/h5H2,1-4H3,(H,9,10,11). The highest BCUT2D eigenvalue weighted by atomic mass is 32.2. The number of aromatic nitrogens is 2. The van der Waals surface area contributed by atoms with Gasteiger partial charge in [0.25, 0.3) is 0 Å². The van der Waals surface area contributed by atoms with Crippen LogP contribution >= 0.6 is 11.5 Å². The Bertz CT molecular complexity index is 431. The molecule has 5 nitrogen and oxygen atoms in total. The van der Waals surface area contributed by atoms with E-state index in [9.17, 15) is 8.42 Å². The minimum atomic E-state index is -3.05. The summed E-state index contributed by atoms with van der Waals surface area (Å²) in [6.07, 6.45) is 1.17. The van der Waals surface area contributed by atoms with Gasteiger partial charge in [-0.1, -0.05) is 0 Å². The van der Waals surface area contributed by atoms with E-state index >= 15 is 0 Å². The summed E-state index contributed by atoms with van der Waals surface area (Å²) in [5.74, 6) is 0.254. The fraction of sp³-hybridized carbons (Fsp3) is 0.750. The van der Waals surface area contributed by atoms with Crippen LogP contribution in [0.3, 0.4) is 0 Å². The van der Waals surface area contributed by atoms with Crippen LogP contribution in [0, 0.1) is 0 Å². The molecule has 0 aliphatic carbocycles. The lowest BCUT2D eigenvalue weighted by Gasteiger charge is -2.18. The lowest BCUT2D eigenvalue weighted by molar-refractivity contribution is 0.600. The van der Waals surface area contributed by atoms with Crippen molar-refractivity contribution in [3.05, 3.63) is 5.82 Å². The first-order valence-electron chi connectivity index (χ1n) is 4.44. The summed E-state index contributed by atoms with van der Waals surface area (Å²) in [6, 6.07) is 0. The molecule has 15 heavy (non-hydrogen) atoms. The second-order valence-electron chi connectivity index (χ2n) is 4.46. The van der Waals surface area contributed by atoms with E-state index in [4.69, 9.17) is 0 Å². The van der Waals surface area contributed by atoms with Gasteiger partial charge < -0.3 is 5.32 Å². The van der Waals surface area contributed by atoms with Crippen molar-refractivity contribution in [1.82, 2.24) is 9.36 Å². The van der Waals surface area contributed by atoms with Gasteiger partial charge in [-0.2, -0.15) is 4.37 Å². The fourth-order valence-corrected chi connectivity index (χ4v) is 2.39. The van der Waals surface area contributed by atoms with Gasteiger partial charge in [0.15, 0.2) is 15.7 Å².